The first-order chi connectivity index (χ1) is 74.3. The molecule has 0 bridgehead atoms. The van der Waals surface area contributed by atoms with Crippen molar-refractivity contribution in [2.24, 2.45) is 0 Å². The first-order valence-electron chi connectivity index (χ1n) is 49.8. The van der Waals surface area contributed by atoms with Crippen LogP contribution in [0.25, 0.3) is 292 Å². The highest BCUT2D eigenvalue weighted by Gasteiger charge is 2.27. The van der Waals surface area contributed by atoms with Gasteiger partial charge in [0.15, 0.2) is 52.4 Å². The minimum Gasteiger partial charge on any atom is -0.456 e. The number of fused-ring (bicyclic) bond motifs is 18. The molecule has 9 heterocycles. The number of furan rings is 1. The van der Waals surface area contributed by atoms with Gasteiger partial charge in [-0.3, -0.25) is 0 Å². The van der Waals surface area contributed by atoms with E-state index in [1.54, 1.807) is 34.0 Å². The summed E-state index contributed by atoms with van der Waals surface area (Å²) in [5, 5.41) is 14.8. The number of benzene rings is 21. The van der Waals surface area contributed by atoms with Gasteiger partial charge < -0.3 is 4.42 Å². The third-order valence-corrected chi connectivity index (χ3v) is 34.2. The van der Waals surface area contributed by atoms with Gasteiger partial charge in [0.05, 0.1) is 0 Å². The van der Waals surface area contributed by atoms with Gasteiger partial charge in [-0.25, -0.2) is 44.9 Å². The monoisotopic (exact) mass is 2000 g/mol. The molecular formula is C135H81N9OS5. The fourth-order valence-electron chi connectivity index (χ4n) is 21.1. The summed E-state index contributed by atoms with van der Waals surface area (Å²) in [7, 11) is 0. The van der Waals surface area contributed by atoms with E-state index in [-0.39, 0.29) is 0 Å². The summed E-state index contributed by atoms with van der Waals surface area (Å²) in [6, 6.07) is 172. The zero-order chi connectivity index (χ0) is 99.1. The van der Waals surface area contributed by atoms with Crippen molar-refractivity contribution in [2.75, 3.05) is 0 Å². The normalized spacial score (nSPS) is 11.6. The van der Waals surface area contributed by atoms with Crippen LogP contribution in [0.3, 0.4) is 0 Å². The van der Waals surface area contributed by atoms with Crippen LogP contribution in [-0.2, 0) is 0 Å². The Balaban J connectivity index is 0.000000108. The van der Waals surface area contributed by atoms with Crippen LogP contribution in [0.1, 0.15) is 0 Å². The van der Waals surface area contributed by atoms with Crippen LogP contribution in [0.15, 0.2) is 496 Å². The number of thiophene rings is 5. The summed E-state index contributed by atoms with van der Waals surface area (Å²) in [5.74, 6) is 5.87. The van der Waals surface area contributed by atoms with E-state index in [1.165, 1.54) is 118 Å². The second-order valence-corrected chi connectivity index (χ2v) is 42.4. The number of nitrogens with zero attached hydrogens (tertiary/aromatic N) is 9. The van der Waals surface area contributed by atoms with Gasteiger partial charge in [0.1, 0.15) is 11.2 Å². The molecule has 15 heteroatoms. The maximum absolute atomic E-state index is 6.18. The summed E-state index contributed by atoms with van der Waals surface area (Å²) in [6.45, 7) is 0. The molecule has 0 saturated heterocycles. The Bertz CT molecular complexity index is 10100. The van der Waals surface area contributed by atoms with E-state index >= 15 is 0 Å². The Labute approximate surface area is 882 Å². The summed E-state index contributed by atoms with van der Waals surface area (Å²) >= 11 is 9.05. The van der Waals surface area contributed by atoms with E-state index in [9.17, 15) is 0 Å². The van der Waals surface area contributed by atoms with Crippen LogP contribution in [0.4, 0.5) is 0 Å². The quantitative estimate of drug-likeness (QED) is 0.0978. The second kappa shape index (κ2) is 38.2. The summed E-state index contributed by atoms with van der Waals surface area (Å²) in [6.07, 6.45) is 0. The zero-order valence-electron chi connectivity index (χ0n) is 80.2. The smallest absolute Gasteiger partial charge is 0.165 e. The Morgan fingerprint density at radius 2 is 0.367 bits per heavy atom. The standard InChI is InChI=1S/C45H27N3OS.2C45H27N3S2/c1-2-12-28(13-3-1)31-14-4-5-16-35(31)44-46-43(47-45(48-44)37-20-10-19-34-33-15-7-9-23-40(33)50-42(34)37)30-26-24-29(25-27-30)32-18-11-22-39-41(32)36-17-6-8-21-38(36)49-39;1-2-13-28(14-3-1)31-17-4-5-20-37(31)44-46-43(47-45(48-44)38-24-12-23-36-34-19-7-9-26-40(34)50-42(36)38)30-16-10-15-29(27-30)32-21-11-22-35-33-18-6-8-25-39(33)49-41(32)35;1-2-12-28(13-3-1)31-14-4-5-16-35(31)44-46-43(47-45(48-44)37-20-10-19-34-33-15-6-8-21-38(33)50-42(34)37)30-26-24-29(25-27-30)32-18-11-23-40-41(32)36-17-7-9-22-39(36)49-40/h3*1-27H. The Morgan fingerprint density at radius 3 is 0.780 bits per heavy atom. The number of hydrogen-bond donors (Lipinski definition) is 0. The summed E-state index contributed by atoms with van der Waals surface area (Å²) in [5.41, 5.74) is 24.1. The van der Waals surface area contributed by atoms with Crippen LogP contribution in [0, 0.1) is 0 Å². The molecule has 0 spiro atoms. The lowest BCUT2D eigenvalue weighted by molar-refractivity contribution is 0.669. The molecule has 0 saturated carbocycles. The van der Waals surface area contributed by atoms with Crippen molar-refractivity contribution in [1.29, 1.82) is 0 Å². The minimum absolute atomic E-state index is 0.629. The van der Waals surface area contributed by atoms with Gasteiger partial charge in [-0.1, -0.05) is 419 Å². The molecule has 0 radical (unpaired) electrons. The van der Waals surface area contributed by atoms with Crippen molar-refractivity contribution in [3.05, 3.63) is 491 Å². The molecule has 30 rings (SSSR count). The van der Waals surface area contributed by atoms with Gasteiger partial charge in [-0.05, 0) is 140 Å². The van der Waals surface area contributed by atoms with Crippen LogP contribution in [-0.4, -0.2) is 44.9 Å². The Morgan fingerprint density at radius 1 is 0.127 bits per heavy atom. The first-order valence-corrected chi connectivity index (χ1v) is 53.9. The molecule has 30 aromatic rings. The predicted molar refractivity (Wildman–Crippen MR) is 633 cm³/mol. The van der Waals surface area contributed by atoms with Crippen molar-refractivity contribution < 1.29 is 4.42 Å². The average Bonchev–Trinajstić information content (AvgIpc) is 1.47. The first kappa shape index (κ1) is 89.2. The molecule has 9 aromatic heterocycles. The lowest BCUT2D eigenvalue weighted by Crippen LogP contribution is -2.01. The fourth-order valence-corrected chi connectivity index (χ4v) is 27.1. The van der Waals surface area contributed by atoms with Gasteiger partial charge in [0.25, 0.3) is 0 Å². The van der Waals surface area contributed by atoms with E-state index in [1.807, 2.05) is 65.1 Å². The van der Waals surface area contributed by atoms with E-state index in [2.05, 4.69) is 449 Å². The van der Waals surface area contributed by atoms with Crippen molar-refractivity contribution in [3.63, 3.8) is 0 Å². The zero-order valence-corrected chi connectivity index (χ0v) is 84.3. The SMILES string of the molecule is c1ccc(-c2ccccc2-c2nc(-c3ccc(-c4cccc5oc6ccccc6c45)cc3)nc(-c3cccc4c3sc3ccccc34)n2)cc1.c1ccc(-c2ccccc2-c2nc(-c3ccc(-c4cccc5sc6ccccc6c45)cc3)nc(-c3cccc4c3sc3ccccc34)n2)cc1.c1ccc(-c2ccccc2-c2nc(-c3cccc(-c4cccc5c4sc4ccccc45)c3)nc(-c3cccc4c3sc3ccccc34)n2)cc1. The summed E-state index contributed by atoms with van der Waals surface area (Å²) < 4.78 is 18.7. The van der Waals surface area contributed by atoms with Crippen molar-refractivity contribution in [2.45, 2.75) is 0 Å². The highest BCUT2D eigenvalue weighted by Crippen LogP contribution is 2.50. The van der Waals surface area contributed by atoms with E-state index in [0.29, 0.717) is 52.4 Å². The molecule has 0 atom stereocenters. The van der Waals surface area contributed by atoms with E-state index < -0.39 is 0 Å². The molecule has 0 aliphatic carbocycles. The predicted octanol–water partition coefficient (Wildman–Crippen LogP) is 38.4. The van der Waals surface area contributed by atoms with Gasteiger partial charge in [-0.2, -0.15) is 0 Å². The molecule has 10 nitrogen and oxygen atoms in total. The number of para-hydroxylation sites is 1. The molecule has 0 amide bonds. The number of rotatable bonds is 15. The minimum atomic E-state index is 0.629. The van der Waals surface area contributed by atoms with E-state index in [0.717, 1.165) is 122 Å². The third kappa shape index (κ3) is 16.3. The highest BCUT2D eigenvalue weighted by atomic mass is 32.1. The topological polar surface area (TPSA) is 129 Å². The lowest BCUT2D eigenvalue weighted by atomic mass is 9.98. The van der Waals surface area contributed by atoms with Gasteiger partial charge in [0, 0.05) is 162 Å². The molecular weight excluding hydrogens is 1920 g/mol. The van der Waals surface area contributed by atoms with Crippen LogP contribution >= 0.6 is 56.7 Å². The second-order valence-electron chi connectivity index (χ2n) is 37.1. The number of aromatic nitrogens is 9. The van der Waals surface area contributed by atoms with Crippen LogP contribution in [0.5, 0.6) is 0 Å². The molecule has 702 valence electrons. The van der Waals surface area contributed by atoms with Crippen molar-refractivity contribution in [1.82, 2.24) is 44.9 Å². The lowest BCUT2D eigenvalue weighted by Gasteiger charge is -2.13. The largest absolute Gasteiger partial charge is 0.456 e. The molecule has 0 aliphatic rings. The molecule has 0 fully saturated rings. The van der Waals surface area contributed by atoms with Gasteiger partial charge >= 0.3 is 0 Å². The highest BCUT2D eigenvalue weighted by molar-refractivity contribution is 7.28. The van der Waals surface area contributed by atoms with E-state index in [4.69, 9.17) is 49.3 Å². The van der Waals surface area contributed by atoms with Crippen molar-refractivity contribution >= 4 is 179 Å². The number of hydrogen-bond acceptors (Lipinski definition) is 15. The molecule has 0 aliphatic heterocycles. The van der Waals surface area contributed by atoms with Crippen LogP contribution in [0.2, 0.25) is 0 Å². The molecule has 0 N–H and O–H groups in total. The molecule has 21 aromatic carbocycles. The summed E-state index contributed by atoms with van der Waals surface area (Å²) in [4.78, 5) is 46.8. The molecule has 0 unspecified atom stereocenters. The average molecular weight is 2010 g/mol. The maximum atomic E-state index is 6.18. The molecule has 150 heavy (non-hydrogen) atoms. The van der Waals surface area contributed by atoms with Crippen molar-refractivity contribution in [3.8, 4) is 169 Å². The van der Waals surface area contributed by atoms with Crippen LogP contribution < -0.4 is 0 Å². The Hall–Kier alpha value is -18.5. The van der Waals surface area contributed by atoms with Gasteiger partial charge in [-0.15, -0.1) is 56.7 Å². The van der Waals surface area contributed by atoms with Gasteiger partial charge in [0.2, 0.25) is 0 Å². The third-order valence-electron chi connectivity index (χ3n) is 28.1. The maximum Gasteiger partial charge on any atom is 0.165 e. The fraction of sp³-hybridized carbons (Fsp3) is 0. The Kier molecular flexibility index (Phi) is 22.7.